The van der Waals surface area contributed by atoms with Gasteiger partial charge in [0.15, 0.2) is 0 Å². The quantitative estimate of drug-likeness (QED) is 0.381. The molecule has 2 aromatic carbocycles. The number of hydrogen-bond donors (Lipinski definition) is 4. The number of aryl methyl sites for hydroxylation is 1. The molecule has 3 amide bonds. The van der Waals surface area contributed by atoms with Gasteiger partial charge in [-0.25, -0.2) is 9.78 Å². The standard InChI is InChI=1S/C19H20N6O2/c1-13-10-17(21-9-8-20-12-26)24-18(22-13)25-19(27)23-16-7-6-14-4-2-3-5-15(14)11-16/h2-7,10-12H,8-9H2,1H3,(H,20,26)(H3,21,22,23,24,25,27). The van der Waals surface area contributed by atoms with Crippen molar-refractivity contribution in [3.05, 3.63) is 54.2 Å². The van der Waals surface area contributed by atoms with Crippen LogP contribution in [0.15, 0.2) is 48.5 Å². The summed E-state index contributed by atoms with van der Waals surface area (Å²) in [5.74, 6) is 0.760. The van der Waals surface area contributed by atoms with Gasteiger partial charge in [0.05, 0.1) is 0 Å². The Balaban J connectivity index is 1.64. The number of fused-ring (bicyclic) bond motifs is 1. The van der Waals surface area contributed by atoms with Crippen molar-refractivity contribution in [2.75, 3.05) is 29.0 Å². The first-order chi connectivity index (χ1) is 13.1. The van der Waals surface area contributed by atoms with Crippen LogP contribution in [0, 0.1) is 6.92 Å². The molecular weight excluding hydrogens is 344 g/mol. The summed E-state index contributed by atoms with van der Waals surface area (Å²) >= 11 is 0. The highest BCUT2D eigenvalue weighted by atomic mass is 16.2. The Bertz CT molecular complexity index is 960. The Morgan fingerprint density at radius 2 is 1.81 bits per heavy atom. The topological polar surface area (TPSA) is 108 Å². The van der Waals surface area contributed by atoms with E-state index in [9.17, 15) is 9.59 Å². The zero-order valence-electron chi connectivity index (χ0n) is 14.8. The average Bonchev–Trinajstić information content (AvgIpc) is 2.64. The third-order valence-electron chi connectivity index (χ3n) is 3.75. The first kappa shape index (κ1) is 18.1. The zero-order valence-corrected chi connectivity index (χ0v) is 14.8. The van der Waals surface area contributed by atoms with E-state index in [1.54, 1.807) is 6.07 Å². The fraction of sp³-hybridized carbons (Fsp3) is 0.158. The molecule has 8 heteroatoms. The summed E-state index contributed by atoms with van der Waals surface area (Å²) in [5, 5.41) is 13.2. The van der Waals surface area contributed by atoms with Gasteiger partial charge in [-0.1, -0.05) is 30.3 Å². The van der Waals surface area contributed by atoms with Gasteiger partial charge in [0.1, 0.15) is 5.82 Å². The summed E-state index contributed by atoms with van der Waals surface area (Å²) in [5.41, 5.74) is 1.38. The Morgan fingerprint density at radius 3 is 2.63 bits per heavy atom. The third kappa shape index (κ3) is 5.15. The van der Waals surface area contributed by atoms with E-state index in [1.165, 1.54) is 0 Å². The SMILES string of the molecule is Cc1cc(NCCNC=O)nc(NC(=O)Nc2ccc3ccccc3c2)n1. The first-order valence-electron chi connectivity index (χ1n) is 8.47. The fourth-order valence-corrected chi connectivity index (χ4v) is 2.57. The highest BCUT2D eigenvalue weighted by molar-refractivity contribution is 6.00. The van der Waals surface area contributed by atoms with Gasteiger partial charge in [-0.2, -0.15) is 4.98 Å². The van der Waals surface area contributed by atoms with Gasteiger partial charge in [0.2, 0.25) is 12.4 Å². The summed E-state index contributed by atoms with van der Waals surface area (Å²) in [4.78, 5) is 31.0. The lowest BCUT2D eigenvalue weighted by atomic mass is 10.1. The lowest BCUT2D eigenvalue weighted by molar-refractivity contribution is -0.109. The van der Waals surface area contributed by atoms with E-state index in [-0.39, 0.29) is 5.95 Å². The third-order valence-corrected chi connectivity index (χ3v) is 3.75. The maximum atomic E-state index is 12.3. The van der Waals surface area contributed by atoms with Gasteiger partial charge in [0, 0.05) is 30.5 Å². The molecule has 27 heavy (non-hydrogen) atoms. The molecule has 1 heterocycles. The summed E-state index contributed by atoms with van der Waals surface area (Å²) in [6.07, 6.45) is 0.636. The molecule has 138 valence electrons. The van der Waals surface area contributed by atoms with Gasteiger partial charge in [-0.3, -0.25) is 10.1 Å². The van der Waals surface area contributed by atoms with Crippen LogP contribution in [-0.2, 0) is 4.79 Å². The van der Waals surface area contributed by atoms with E-state index in [2.05, 4.69) is 31.2 Å². The molecule has 3 rings (SSSR count). The van der Waals surface area contributed by atoms with Crippen LogP contribution >= 0.6 is 0 Å². The van der Waals surface area contributed by atoms with Crippen molar-refractivity contribution in [1.82, 2.24) is 15.3 Å². The van der Waals surface area contributed by atoms with E-state index in [0.717, 1.165) is 10.8 Å². The second-order valence-corrected chi connectivity index (χ2v) is 5.86. The molecular formula is C19H20N6O2. The molecule has 3 aromatic rings. The largest absolute Gasteiger partial charge is 0.368 e. The molecule has 0 saturated carbocycles. The van der Waals surface area contributed by atoms with Gasteiger partial charge in [-0.15, -0.1) is 0 Å². The van der Waals surface area contributed by atoms with E-state index in [4.69, 9.17) is 0 Å². The normalized spacial score (nSPS) is 10.3. The zero-order chi connectivity index (χ0) is 19.1. The summed E-state index contributed by atoms with van der Waals surface area (Å²) in [7, 11) is 0. The van der Waals surface area contributed by atoms with Crippen molar-refractivity contribution in [2.24, 2.45) is 0 Å². The predicted molar refractivity (Wildman–Crippen MR) is 106 cm³/mol. The van der Waals surface area contributed by atoms with Crippen LogP contribution in [0.25, 0.3) is 10.8 Å². The molecule has 8 nitrogen and oxygen atoms in total. The number of nitrogens with one attached hydrogen (secondary N) is 4. The van der Waals surface area contributed by atoms with Gasteiger partial charge in [-0.05, 0) is 29.8 Å². The summed E-state index contributed by atoms with van der Waals surface area (Å²) in [6, 6.07) is 14.9. The lowest BCUT2D eigenvalue weighted by Crippen LogP contribution is -2.23. The molecule has 0 aliphatic rings. The maximum Gasteiger partial charge on any atom is 0.326 e. The number of aromatic nitrogens is 2. The number of benzene rings is 2. The maximum absolute atomic E-state index is 12.3. The van der Waals surface area contributed by atoms with Crippen LogP contribution in [0.4, 0.5) is 22.2 Å². The Kier molecular flexibility index (Phi) is 5.78. The van der Waals surface area contributed by atoms with Crippen LogP contribution in [0.1, 0.15) is 5.69 Å². The lowest BCUT2D eigenvalue weighted by Gasteiger charge is -2.10. The van der Waals surface area contributed by atoms with Crippen molar-refractivity contribution < 1.29 is 9.59 Å². The highest BCUT2D eigenvalue weighted by Crippen LogP contribution is 2.19. The second kappa shape index (κ2) is 8.61. The first-order valence-corrected chi connectivity index (χ1v) is 8.47. The molecule has 0 aliphatic carbocycles. The molecule has 4 N–H and O–H groups in total. The second-order valence-electron chi connectivity index (χ2n) is 5.86. The Hall–Kier alpha value is -3.68. The minimum absolute atomic E-state index is 0.194. The smallest absolute Gasteiger partial charge is 0.326 e. The van der Waals surface area contributed by atoms with E-state index < -0.39 is 6.03 Å². The van der Waals surface area contributed by atoms with Gasteiger partial charge >= 0.3 is 6.03 Å². The number of hydrogen-bond acceptors (Lipinski definition) is 5. The van der Waals surface area contributed by atoms with E-state index in [1.807, 2.05) is 49.4 Å². The predicted octanol–water partition coefficient (Wildman–Crippen LogP) is 2.74. The average molecular weight is 364 g/mol. The number of carbonyl (C=O) groups excluding carboxylic acids is 2. The van der Waals surface area contributed by atoms with Crippen molar-refractivity contribution in [3.8, 4) is 0 Å². The van der Waals surface area contributed by atoms with Crippen LogP contribution in [-0.4, -0.2) is 35.5 Å². The van der Waals surface area contributed by atoms with Gasteiger partial charge < -0.3 is 16.0 Å². The van der Waals surface area contributed by atoms with E-state index >= 15 is 0 Å². The molecule has 0 bridgehead atoms. The minimum Gasteiger partial charge on any atom is -0.368 e. The molecule has 0 spiro atoms. The molecule has 0 fully saturated rings. The summed E-state index contributed by atoms with van der Waals surface area (Å²) < 4.78 is 0. The summed E-state index contributed by atoms with van der Waals surface area (Å²) in [6.45, 7) is 2.79. The Morgan fingerprint density at radius 1 is 1.00 bits per heavy atom. The van der Waals surface area contributed by atoms with Crippen LogP contribution in [0.3, 0.4) is 0 Å². The number of anilines is 3. The molecule has 0 saturated heterocycles. The van der Waals surface area contributed by atoms with Crippen molar-refractivity contribution in [3.63, 3.8) is 0 Å². The molecule has 1 aromatic heterocycles. The number of carbonyl (C=O) groups is 2. The van der Waals surface area contributed by atoms with Gasteiger partial charge in [0.25, 0.3) is 0 Å². The molecule has 0 atom stereocenters. The number of rotatable bonds is 7. The number of amides is 3. The fourth-order valence-electron chi connectivity index (χ4n) is 2.57. The molecule has 0 aliphatic heterocycles. The number of nitrogens with zero attached hydrogens (tertiary/aromatic N) is 2. The highest BCUT2D eigenvalue weighted by Gasteiger charge is 2.08. The monoisotopic (exact) mass is 364 g/mol. The van der Waals surface area contributed by atoms with E-state index in [0.29, 0.717) is 36.7 Å². The van der Waals surface area contributed by atoms with Crippen LogP contribution < -0.4 is 21.3 Å². The van der Waals surface area contributed by atoms with Crippen molar-refractivity contribution in [1.29, 1.82) is 0 Å². The molecule has 0 radical (unpaired) electrons. The van der Waals surface area contributed by atoms with Crippen LogP contribution in [0.2, 0.25) is 0 Å². The van der Waals surface area contributed by atoms with Crippen molar-refractivity contribution in [2.45, 2.75) is 6.92 Å². The Labute approximate surface area is 156 Å². The van der Waals surface area contributed by atoms with Crippen LogP contribution in [0.5, 0.6) is 0 Å². The minimum atomic E-state index is -0.426. The number of urea groups is 1. The van der Waals surface area contributed by atoms with Crippen molar-refractivity contribution >= 4 is 40.7 Å². The molecule has 0 unspecified atom stereocenters.